The SMILES string of the molecule is Cc1[nH]cnc1C=CC(=O)c1c[nH]c2ncccc12. The van der Waals surface area contributed by atoms with Crippen LogP contribution in [0.1, 0.15) is 21.7 Å². The van der Waals surface area contributed by atoms with E-state index in [9.17, 15) is 4.79 Å². The van der Waals surface area contributed by atoms with Crippen LogP contribution in [0.2, 0.25) is 0 Å². The van der Waals surface area contributed by atoms with Crippen LogP contribution in [0, 0.1) is 6.92 Å². The molecule has 3 rings (SSSR count). The van der Waals surface area contributed by atoms with Crippen LogP contribution in [0.5, 0.6) is 0 Å². The molecule has 19 heavy (non-hydrogen) atoms. The summed E-state index contributed by atoms with van der Waals surface area (Å²) in [4.78, 5) is 26.4. The highest BCUT2D eigenvalue weighted by Crippen LogP contribution is 2.17. The molecule has 0 aliphatic rings. The molecule has 0 radical (unpaired) electrons. The van der Waals surface area contributed by atoms with Gasteiger partial charge in [0.1, 0.15) is 5.65 Å². The molecule has 3 aromatic rings. The Labute approximate surface area is 109 Å². The Morgan fingerprint density at radius 3 is 3.00 bits per heavy atom. The van der Waals surface area contributed by atoms with Crippen LogP contribution in [0.3, 0.4) is 0 Å². The summed E-state index contributed by atoms with van der Waals surface area (Å²) in [5.74, 6) is -0.0679. The van der Waals surface area contributed by atoms with E-state index in [4.69, 9.17) is 0 Å². The number of carbonyl (C=O) groups is 1. The first-order valence-electron chi connectivity index (χ1n) is 5.90. The van der Waals surface area contributed by atoms with Crippen molar-refractivity contribution in [2.24, 2.45) is 0 Å². The summed E-state index contributed by atoms with van der Waals surface area (Å²) in [6.07, 6.45) is 8.22. The van der Waals surface area contributed by atoms with Crippen LogP contribution < -0.4 is 0 Å². The number of H-pyrrole nitrogens is 2. The maximum absolute atomic E-state index is 12.2. The Hall–Kier alpha value is -2.69. The number of pyridine rings is 1. The topological polar surface area (TPSA) is 74.4 Å². The minimum absolute atomic E-state index is 0.0679. The van der Waals surface area contributed by atoms with Crippen molar-refractivity contribution in [3.63, 3.8) is 0 Å². The molecule has 5 heteroatoms. The van der Waals surface area contributed by atoms with E-state index in [1.807, 2.05) is 19.1 Å². The third kappa shape index (κ3) is 2.06. The molecule has 0 fully saturated rings. The highest BCUT2D eigenvalue weighted by molar-refractivity contribution is 6.14. The van der Waals surface area contributed by atoms with E-state index in [1.165, 1.54) is 6.08 Å². The van der Waals surface area contributed by atoms with Crippen LogP contribution in [0.4, 0.5) is 0 Å². The maximum atomic E-state index is 12.2. The molecule has 0 bridgehead atoms. The Morgan fingerprint density at radius 2 is 2.21 bits per heavy atom. The largest absolute Gasteiger partial charge is 0.348 e. The van der Waals surface area contributed by atoms with E-state index in [1.54, 1.807) is 24.8 Å². The lowest BCUT2D eigenvalue weighted by Crippen LogP contribution is -1.92. The van der Waals surface area contributed by atoms with Gasteiger partial charge in [0.2, 0.25) is 0 Å². The van der Waals surface area contributed by atoms with Crippen molar-refractivity contribution in [1.29, 1.82) is 0 Å². The Balaban J connectivity index is 1.92. The zero-order valence-corrected chi connectivity index (χ0v) is 10.3. The van der Waals surface area contributed by atoms with Crippen molar-refractivity contribution < 1.29 is 4.79 Å². The van der Waals surface area contributed by atoms with Crippen LogP contribution in [0.25, 0.3) is 17.1 Å². The van der Waals surface area contributed by atoms with E-state index < -0.39 is 0 Å². The van der Waals surface area contributed by atoms with Crippen LogP contribution in [-0.2, 0) is 0 Å². The second kappa shape index (κ2) is 4.53. The number of hydrogen-bond donors (Lipinski definition) is 2. The van der Waals surface area contributed by atoms with Gasteiger partial charge in [-0.1, -0.05) is 0 Å². The lowest BCUT2D eigenvalue weighted by molar-refractivity contribution is 0.104. The molecular weight excluding hydrogens is 240 g/mol. The normalized spacial score (nSPS) is 11.4. The number of nitrogens with zero attached hydrogens (tertiary/aromatic N) is 2. The number of allylic oxidation sites excluding steroid dienone is 1. The molecule has 3 heterocycles. The summed E-state index contributed by atoms with van der Waals surface area (Å²) < 4.78 is 0. The summed E-state index contributed by atoms with van der Waals surface area (Å²) in [7, 11) is 0. The standard InChI is InChI=1S/C14H12N4O/c1-9-12(18-8-17-9)4-5-13(19)11-7-16-14-10(11)3-2-6-15-14/h2-8H,1H3,(H,15,16)(H,17,18). The lowest BCUT2D eigenvalue weighted by atomic mass is 10.1. The van der Waals surface area contributed by atoms with Crippen molar-refractivity contribution in [3.8, 4) is 0 Å². The van der Waals surface area contributed by atoms with Gasteiger partial charge in [-0.3, -0.25) is 4.79 Å². The second-order valence-corrected chi connectivity index (χ2v) is 4.21. The van der Waals surface area contributed by atoms with Crippen molar-refractivity contribution in [1.82, 2.24) is 19.9 Å². The molecule has 0 aliphatic heterocycles. The number of aryl methyl sites for hydroxylation is 1. The van der Waals surface area contributed by atoms with Crippen molar-refractivity contribution in [2.45, 2.75) is 6.92 Å². The van der Waals surface area contributed by atoms with Gasteiger partial charge in [0.05, 0.1) is 12.0 Å². The molecular formula is C14H12N4O. The Morgan fingerprint density at radius 1 is 1.32 bits per heavy atom. The lowest BCUT2D eigenvalue weighted by Gasteiger charge is -1.93. The second-order valence-electron chi connectivity index (χ2n) is 4.21. The molecule has 94 valence electrons. The zero-order chi connectivity index (χ0) is 13.2. The summed E-state index contributed by atoms with van der Waals surface area (Å²) in [5, 5.41) is 0.830. The highest BCUT2D eigenvalue weighted by Gasteiger charge is 2.09. The van der Waals surface area contributed by atoms with Gasteiger partial charge in [-0.15, -0.1) is 0 Å². The number of hydrogen-bond acceptors (Lipinski definition) is 3. The van der Waals surface area contributed by atoms with Gasteiger partial charge < -0.3 is 9.97 Å². The predicted molar refractivity (Wildman–Crippen MR) is 72.8 cm³/mol. The van der Waals surface area contributed by atoms with Gasteiger partial charge in [-0.2, -0.15) is 0 Å². The van der Waals surface area contributed by atoms with Gasteiger partial charge >= 0.3 is 0 Å². The minimum Gasteiger partial charge on any atom is -0.348 e. The highest BCUT2D eigenvalue weighted by atomic mass is 16.1. The quantitative estimate of drug-likeness (QED) is 0.555. The van der Waals surface area contributed by atoms with E-state index >= 15 is 0 Å². The Bertz CT molecular complexity index is 766. The first-order valence-corrected chi connectivity index (χ1v) is 5.90. The number of fused-ring (bicyclic) bond motifs is 1. The predicted octanol–water partition coefficient (Wildman–Crippen LogP) is 2.49. The summed E-state index contributed by atoms with van der Waals surface area (Å²) in [5.41, 5.74) is 3.04. The summed E-state index contributed by atoms with van der Waals surface area (Å²) in [6, 6.07) is 3.69. The monoisotopic (exact) mass is 252 g/mol. The zero-order valence-electron chi connectivity index (χ0n) is 10.3. The van der Waals surface area contributed by atoms with Crippen molar-refractivity contribution in [2.75, 3.05) is 0 Å². The van der Waals surface area contributed by atoms with E-state index in [0.717, 1.165) is 22.4 Å². The summed E-state index contributed by atoms with van der Waals surface area (Å²) >= 11 is 0. The fraction of sp³-hybridized carbons (Fsp3) is 0.0714. The maximum Gasteiger partial charge on any atom is 0.188 e. The van der Waals surface area contributed by atoms with E-state index in [0.29, 0.717) is 5.56 Å². The molecule has 2 N–H and O–H groups in total. The number of aromatic amines is 2. The van der Waals surface area contributed by atoms with E-state index in [-0.39, 0.29) is 5.78 Å². The number of rotatable bonds is 3. The third-order valence-corrected chi connectivity index (χ3v) is 2.98. The van der Waals surface area contributed by atoms with Gasteiger partial charge in [0.15, 0.2) is 5.78 Å². The molecule has 0 unspecified atom stereocenters. The number of nitrogens with one attached hydrogen (secondary N) is 2. The number of imidazole rings is 1. The molecule has 0 aromatic carbocycles. The average molecular weight is 252 g/mol. The van der Waals surface area contributed by atoms with Crippen LogP contribution in [0.15, 0.2) is 36.9 Å². The fourth-order valence-corrected chi connectivity index (χ4v) is 1.94. The average Bonchev–Trinajstić information content (AvgIpc) is 3.02. The van der Waals surface area contributed by atoms with Crippen LogP contribution >= 0.6 is 0 Å². The number of carbonyl (C=O) groups excluding carboxylic acids is 1. The number of aromatic nitrogens is 4. The molecule has 0 aliphatic carbocycles. The molecule has 5 nitrogen and oxygen atoms in total. The molecule has 0 saturated heterocycles. The van der Waals surface area contributed by atoms with Crippen LogP contribution in [-0.4, -0.2) is 25.7 Å². The van der Waals surface area contributed by atoms with Gasteiger partial charge in [-0.05, 0) is 31.2 Å². The minimum atomic E-state index is -0.0679. The van der Waals surface area contributed by atoms with Gasteiger partial charge in [-0.25, -0.2) is 9.97 Å². The smallest absolute Gasteiger partial charge is 0.188 e. The number of ketones is 1. The first-order chi connectivity index (χ1) is 9.25. The fourth-order valence-electron chi connectivity index (χ4n) is 1.94. The third-order valence-electron chi connectivity index (χ3n) is 2.98. The summed E-state index contributed by atoms with van der Waals surface area (Å²) in [6.45, 7) is 1.91. The molecule has 3 aromatic heterocycles. The molecule has 0 atom stereocenters. The Kier molecular flexibility index (Phi) is 2.72. The molecule has 0 amide bonds. The van der Waals surface area contributed by atoms with Crippen molar-refractivity contribution >= 4 is 22.9 Å². The van der Waals surface area contributed by atoms with Gasteiger partial charge in [0.25, 0.3) is 0 Å². The van der Waals surface area contributed by atoms with Gasteiger partial charge in [0, 0.05) is 29.0 Å². The molecule has 0 saturated carbocycles. The van der Waals surface area contributed by atoms with E-state index in [2.05, 4.69) is 19.9 Å². The molecule has 0 spiro atoms. The van der Waals surface area contributed by atoms with Crippen molar-refractivity contribution in [3.05, 3.63) is 53.9 Å². The first kappa shape index (κ1) is 11.4.